The van der Waals surface area contributed by atoms with Gasteiger partial charge < -0.3 is 25.0 Å². The van der Waals surface area contributed by atoms with Crippen molar-refractivity contribution in [1.29, 1.82) is 0 Å². The van der Waals surface area contributed by atoms with Crippen molar-refractivity contribution in [3.8, 4) is 22.6 Å². The number of aromatic hydroxyl groups is 2. The average molecular weight is 663 g/mol. The molecule has 49 heavy (non-hydrogen) atoms. The van der Waals surface area contributed by atoms with Gasteiger partial charge in [-0.2, -0.15) is 0 Å². The Morgan fingerprint density at radius 3 is 2.27 bits per heavy atom. The van der Waals surface area contributed by atoms with Gasteiger partial charge in [-0.15, -0.1) is 0 Å². The number of hydrogen-bond donors (Lipinski definition) is 3. The zero-order valence-electron chi connectivity index (χ0n) is 30.4. The summed E-state index contributed by atoms with van der Waals surface area (Å²) in [4.78, 5) is 19.8. The number of aryl methyl sites for hydroxylation is 2. The lowest BCUT2D eigenvalue weighted by atomic mass is 10.0. The number of benzene rings is 3. The molecule has 7 heteroatoms. The number of phenols is 2. The molecule has 0 radical (unpaired) electrons. The third kappa shape index (κ3) is 9.51. The predicted molar refractivity (Wildman–Crippen MR) is 204 cm³/mol. The minimum atomic E-state index is -0.317. The fourth-order valence-corrected chi connectivity index (χ4v) is 6.40. The van der Waals surface area contributed by atoms with Gasteiger partial charge in [0.1, 0.15) is 11.5 Å². The highest BCUT2D eigenvalue weighted by atomic mass is 16.3. The van der Waals surface area contributed by atoms with Crippen molar-refractivity contribution in [2.24, 2.45) is 5.92 Å². The quantitative estimate of drug-likeness (QED) is 0.110. The van der Waals surface area contributed by atoms with E-state index in [2.05, 4.69) is 72.6 Å². The Kier molecular flexibility index (Phi) is 13.4. The summed E-state index contributed by atoms with van der Waals surface area (Å²) in [6.07, 6.45) is 7.45. The maximum Gasteiger partial charge on any atom is 0.255 e. The number of phenolic OH excluding ortho intramolecular Hbond substituents is 2. The second-order valence-electron chi connectivity index (χ2n) is 13.0. The number of rotatable bonds is 14. The van der Waals surface area contributed by atoms with Gasteiger partial charge in [-0.05, 0) is 124 Å². The molecular formula is C42H54N4O3. The molecule has 260 valence electrons. The van der Waals surface area contributed by atoms with Crippen LogP contribution in [-0.2, 0) is 13.0 Å². The molecule has 0 saturated heterocycles. The minimum Gasteiger partial charge on any atom is -0.507 e. The Labute approximate surface area is 292 Å². The van der Waals surface area contributed by atoms with Crippen LogP contribution in [0.15, 0.2) is 79.1 Å². The van der Waals surface area contributed by atoms with Crippen LogP contribution in [0.1, 0.15) is 86.6 Å². The van der Waals surface area contributed by atoms with Crippen LogP contribution in [-0.4, -0.2) is 50.2 Å². The predicted octanol–water partition coefficient (Wildman–Crippen LogP) is 9.75. The number of nitrogens with zero attached hydrogens (tertiary/aromatic N) is 3. The molecule has 0 aliphatic carbocycles. The van der Waals surface area contributed by atoms with Crippen LogP contribution in [0, 0.1) is 19.8 Å². The number of anilines is 1. The molecule has 0 fully saturated rings. The summed E-state index contributed by atoms with van der Waals surface area (Å²) in [5.74, 6) is 0.155. The van der Waals surface area contributed by atoms with Crippen molar-refractivity contribution in [3.05, 3.63) is 107 Å². The van der Waals surface area contributed by atoms with E-state index >= 15 is 0 Å². The van der Waals surface area contributed by atoms with Gasteiger partial charge in [0.05, 0.1) is 5.56 Å². The summed E-state index contributed by atoms with van der Waals surface area (Å²) in [5.41, 5.74) is 7.89. The molecule has 0 aliphatic heterocycles. The third-order valence-electron chi connectivity index (χ3n) is 9.04. The van der Waals surface area contributed by atoms with Gasteiger partial charge in [-0.3, -0.25) is 9.78 Å². The minimum absolute atomic E-state index is 0.130. The number of carbonyl (C=O) groups excluding carboxylic acids is 1. The fourth-order valence-electron chi connectivity index (χ4n) is 6.40. The van der Waals surface area contributed by atoms with Crippen molar-refractivity contribution >= 4 is 22.5 Å². The number of amides is 1. The summed E-state index contributed by atoms with van der Waals surface area (Å²) < 4.78 is 2.48. The number of carbonyl (C=O) groups is 1. The van der Waals surface area contributed by atoms with Crippen molar-refractivity contribution in [1.82, 2.24) is 14.5 Å². The number of fused-ring (bicyclic) bond motifs is 1. The van der Waals surface area contributed by atoms with Crippen LogP contribution in [0.2, 0.25) is 0 Å². The largest absolute Gasteiger partial charge is 0.507 e. The van der Waals surface area contributed by atoms with Gasteiger partial charge in [0, 0.05) is 58.9 Å². The van der Waals surface area contributed by atoms with E-state index in [4.69, 9.17) is 0 Å². The van der Waals surface area contributed by atoms with Crippen molar-refractivity contribution in [2.45, 2.75) is 80.7 Å². The van der Waals surface area contributed by atoms with Crippen molar-refractivity contribution in [3.63, 3.8) is 0 Å². The first-order chi connectivity index (χ1) is 23.6. The molecule has 3 N–H and O–H groups in total. The molecule has 2 heterocycles. The molecule has 0 saturated carbocycles. The summed E-state index contributed by atoms with van der Waals surface area (Å²) >= 11 is 0. The Hall–Kier alpha value is -4.62. The Bertz CT molecular complexity index is 1800. The molecular weight excluding hydrogens is 608 g/mol. The summed E-state index contributed by atoms with van der Waals surface area (Å²) in [7, 11) is 0. The highest BCUT2D eigenvalue weighted by molar-refractivity contribution is 6.05. The monoisotopic (exact) mass is 662 g/mol. The van der Waals surface area contributed by atoms with E-state index in [1.165, 1.54) is 59.2 Å². The van der Waals surface area contributed by atoms with E-state index in [1.807, 2.05) is 32.0 Å². The molecule has 0 spiro atoms. The van der Waals surface area contributed by atoms with Gasteiger partial charge in [-0.25, -0.2) is 0 Å². The van der Waals surface area contributed by atoms with E-state index in [0.717, 1.165) is 37.5 Å². The molecule has 7 nitrogen and oxygen atoms in total. The molecule has 0 bridgehead atoms. The Morgan fingerprint density at radius 1 is 0.898 bits per heavy atom. The van der Waals surface area contributed by atoms with E-state index < -0.39 is 0 Å². The zero-order valence-corrected chi connectivity index (χ0v) is 30.4. The van der Waals surface area contributed by atoms with E-state index in [0.29, 0.717) is 28.8 Å². The first-order valence-electron chi connectivity index (χ1n) is 17.8. The van der Waals surface area contributed by atoms with Crippen molar-refractivity contribution in [2.75, 3.05) is 25.0 Å². The molecule has 5 rings (SSSR count). The average Bonchev–Trinajstić information content (AvgIpc) is 3.32. The first kappa shape index (κ1) is 37.2. The van der Waals surface area contributed by atoms with Crippen molar-refractivity contribution < 1.29 is 15.0 Å². The van der Waals surface area contributed by atoms with Crippen LogP contribution >= 0.6 is 0 Å². The molecule has 3 aromatic carbocycles. The first-order valence-corrected chi connectivity index (χ1v) is 17.8. The standard InChI is InChI=1S/C40H48N4O3.C2H6/c1-6-18-43(21-15-27(2)3)19-8-20-44-29(5)28(4)35-24-31(11-12-36(35)44)22-30-9-7-10-33(23-30)40(47)42-34-25-37(45)39(38(46)26-34)32-13-16-41-17-14-32;1-2/h7,9-14,16-17,23-27,45-46H,6,8,15,18-22H2,1-5H3,(H,42,47);1-2H3. The smallest absolute Gasteiger partial charge is 0.255 e. The number of pyridine rings is 1. The van der Waals surface area contributed by atoms with Crippen LogP contribution in [0.4, 0.5) is 5.69 Å². The van der Waals surface area contributed by atoms with E-state index in [1.54, 1.807) is 30.6 Å². The Morgan fingerprint density at radius 2 is 1.59 bits per heavy atom. The van der Waals surface area contributed by atoms with E-state index in [-0.39, 0.29) is 17.4 Å². The number of hydrogen-bond acceptors (Lipinski definition) is 5. The second-order valence-corrected chi connectivity index (χ2v) is 13.0. The zero-order chi connectivity index (χ0) is 35.5. The van der Waals surface area contributed by atoms with Gasteiger partial charge in [-0.1, -0.05) is 52.8 Å². The maximum absolute atomic E-state index is 13.2. The van der Waals surface area contributed by atoms with Crippen LogP contribution in [0.3, 0.4) is 0 Å². The summed E-state index contributed by atoms with van der Waals surface area (Å²) in [6, 6.07) is 20.6. The van der Waals surface area contributed by atoms with Crippen LogP contribution < -0.4 is 5.32 Å². The molecule has 5 aromatic rings. The summed E-state index contributed by atoms with van der Waals surface area (Å²) in [6.45, 7) is 19.8. The van der Waals surface area contributed by atoms with Crippen LogP contribution in [0.5, 0.6) is 11.5 Å². The lowest BCUT2D eigenvalue weighted by molar-refractivity contribution is 0.102. The third-order valence-corrected chi connectivity index (χ3v) is 9.04. The number of aromatic nitrogens is 2. The lowest BCUT2D eigenvalue weighted by Crippen LogP contribution is -2.28. The second kappa shape index (κ2) is 17.7. The van der Waals surface area contributed by atoms with Crippen LogP contribution in [0.25, 0.3) is 22.0 Å². The Balaban J connectivity index is 0.00000265. The van der Waals surface area contributed by atoms with E-state index in [9.17, 15) is 15.0 Å². The molecule has 0 unspecified atom stereocenters. The van der Waals surface area contributed by atoms with Gasteiger partial charge >= 0.3 is 0 Å². The van der Waals surface area contributed by atoms with Gasteiger partial charge in [0.25, 0.3) is 5.91 Å². The normalized spacial score (nSPS) is 11.2. The lowest BCUT2D eigenvalue weighted by Gasteiger charge is -2.23. The fraction of sp³-hybridized carbons (Fsp3) is 0.381. The number of nitrogens with one attached hydrogen (secondary N) is 1. The van der Waals surface area contributed by atoms with Gasteiger partial charge in [0.2, 0.25) is 0 Å². The highest BCUT2D eigenvalue weighted by Gasteiger charge is 2.16. The summed E-state index contributed by atoms with van der Waals surface area (Å²) in [5, 5.41) is 25.3. The van der Waals surface area contributed by atoms with Gasteiger partial charge in [0.15, 0.2) is 0 Å². The molecule has 0 atom stereocenters. The SMILES string of the molecule is CC.CCCN(CCCn1c(C)c(C)c2cc(Cc3cccc(C(=O)Nc4cc(O)c(-c5ccncc5)c(O)c4)c3)ccc21)CCC(C)C. The molecule has 1 amide bonds. The highest BCUT2D eigenvalue weighted by Crippen LogP contribution is 2.39. The molecule has 0 aliphatic rings. The maximum atomic E-state index is 13.2. The topological polar surface area (TPSA) is 90.6 Å². The molecule has 2 aromatic heterocycles.